The topological polar surface area (TPSA) is 19.4 Å². The zero-order valence-electron chi connectivity index (χ0n) is 13.6. The van der Waals surface area contributed by atoms with Crippen molar-refractivity contribution in [1.82, 2.24) is 9.88 Å². The molecule has 0 atom stereocenters. The van der Waals surface area contributed by atoms with Gasteiger partial charge in [0.15, 0.2) is 0 Å². The fourth-order valence-corrected chi connectivity index (χ4v) is 2.81. The maximum atomic E-state index is 4.69. The fourth-order valence-electron chi connectivity index (χ4n) is 2.81. The van der Waals surface area contributed by atoms with Gasteiger partial charge in [-0.05, 0) is 30.2 Å². The number of likely N-dealkylation sites (N-methyl/N-ethyl adjacent to an activating group) is 1. The summed E-state index contributed by atoms with van der Waals surface area (Å²) in [6, 6.07) is 8.95. The van der Waals surface area contributed by atoms with Crippen molar-refractivity contribution >= 4 is 16.6 Å². The molecule has 3 heteroatoms. The molecule has 21 heavy (non-hydrogen) atoms. The number of pyridine rings is 1. The van der Waals surface area contributed by atoms with Gasteiger partial charge in [0.2, 0.25) is 0 Å². The zero-order valence-corrected chi connectivity index (χ0v) is 13.6. The van der Waals surface area contributed by atoms with Crippen LogP contribution < -0.4 is 4.90 Å². The van der Waals surface area contributed by atoms with Crippen LogP contribution in [0.3, 0.4) is 0 Å². The van der Waals surface area contributed by atoms with Crippen LogP contribution in [-0.2, 0) is 5.41 Å². The van der Waals surface area contributed by atoms with Gasteiger partial charge in [-0.1, -0.05) is 32.9 Å². The minimum atomic E-state index is 0.173. The molecule has 2 aromatic rings. The molecular weight excluding hydrogens is 258 g/mol. The van der Waals surface area contributed by atoms with Crippen LogP contribution in [0.4, 0.5) is 5.69 Å². The number of piperazine rings is 1. The maximum absolute atomic E-state index is 4.69. The van der Waals surface area contributed by atoms with E-state index in [1.165, 1.54) is 16.6 Å². The lowest BCUT2D eigenvalue weighted by molar-refractivity contribution is 0.313. The van der Waals surface area contributed by atoms with E-state index in [1.807, 2.05) is 6.20 Å². The summed E-state index contributed by atoms with van der Waals surface area (Å²) in [5, 5.41) is 1.24. The highest BCUT2D eigenvalue weighted by atomic mass is 15.2. The van der Waals surface area contributed by atoms with Crippen molar-refractivity contribution in [3.05, 3.63) is 36.0 Å². The van der Waals surface area contributed by atoms with E-state index < -0.39 is 0 Å². The lowest BCUT2D eigenvalue weighted by Gasteiger charge is -2.33. The molecule has 0 bridgehead atoms. The lowest BCUT2D eigenvalue weighted by atomic mass is 9.86. The Labute approximate surface area is 127 Å². The molecule has 1 aromatic carbocycles. The molecule has 1 saturated heterocycles. The standard InChI is InChI=1S/C18H25N3/c1-18(2,3)15-6-5-14-11-16(13-19-17(14)12-15)21-9-7-20(4)8-10-21/h5-6,11-13H,7-10H2,1-4H3. The molecule has 2 heterocycles. The first-order valence-electron chi connectivity index (χ1n) is 7.77. The van der Waals surface area contributed by atoms with Crippen LogP contribution in [-0.4, -0.2) is 43.1 Å². The van der Waals surface area contributed by atoms with Crippen LogP contribution in [0.2, 0.25) is 0 Å². The summed E-state index contributed by atoms with van der Waals surface area (Å²) in [6.07, 6.45) is 2.03. The molecule has 112 valence electrons. The number of benzene rings is 1. The molecule has 1 aliphatic rings. The third-order valence-corrected chi connectivity index (χ3v) is 4.40. The fraction of sp³-hybridized carbons (Fsp3) is 0.500. The summed E-state index contributed by atoms with van der Waals surface area (Å²) in [4.78, 5) is 9.50. The van der Waals surface area contributed by atoms with Gasteiger partial charge in [-0.25, -0.2) is 0 Å². The Morgan fingerprint density at radius 2 is 1.71 bits per heavy atom. The molecule has 1 fully saturated rings. The first kappa shape index (κ1) is 14.3. The van der Waals surface area contributed by atoms with Gasteiger partial charge < -0.3 is 9.80 Å². The van der Waals surface area contributed by atoms with Gasteiger partial charge in [0.1, 0.15) is 0 Å². The van der Waals surface area contributed by atoms with Crippen LogP contribution in [0.25, 0.3) is 10.9 Å². The highest BCUT2D eigenvalue weighted by Gasteiger charge is 2.16. The van der Waals surface area contributed by atoms with Gasteiger partial charge >= 0.3 is 0 Å². The van der Waals surface area contributed by atoms with Gasteiger partial charge in [-0.3, -0.25) is 4.98 Å². The molecule has 1 aromatic heterocycles. The van der Waals surface area contributed by atoms with E-state index in [2.05, 4.69) is 61.9 Å². The first-order chi connectivity index (χ1) is 9.93. The van der Waals surface area contributed by atoms with Gasteiger partial charge in [-0.2, -0.15) is 0 Å². The largest absolute Gasteiger partial charge is 0.368 e. The lowest BCUT2D eigenvalue weighted by Crippen LogP contribution is -2.44. The summed E-state index contributed by atoms with van der Waals surface area (Å²) in [5.74, 6) is 0. The average molecular weight is 283 g/mol. The molecule has 3 rings (SSSR count). The number of aromatic nitrogens is 1. The normalized spacial score (nSPS) is 17.4. The second-order valence-corrected chi connectivity index (χ2v) is 7.14. The predicted molar refractivity (Wildman–Crippen MR) is 90.2 cm³/mol. The van der Waals surface area contributed by atoms with Crippen molar-refractivity contribution in [2.75, 3.05) is 38.1 Å². The number of nitrogens with zero attached hydrogens (tertiary/aromatic N) is 3. The van der Waals surface area contributed by atoms with Crippen molar-refractivity contribution in [3.8, 4) is 0 Å². The third-order valence-electron chi connectivity index (χ3n) is 4.40. The molecule has 3 nitrogen and oxygen atoms in total. The minimum absolute atomic E-state index is 0.173. The van der Waals surface area contributed by atoms with Crippen LogP contribution >= 0.6 is 0 Å². The summed E-state index contributed by atoms with van der Waals surface area (Å²) in [7, 11) is 2.18. The van der Waals surface area contributed by atoms with E-state index in [0.29, 0.717) is 0 Å². The van der Waals surface area contributed by atoms with E-state index in [1.54, 1.807) is 0 Å². The highest BCUT2D eigenvalue weighted by molar-refractivity contribution is 5.82. The predicted octanol–water partition coefficient (Wildman–Crippen LogP) is 3.28. The van der Waals surface area contributed by atoms with Crippen molar-refractivity contribution in [2.24, 2.45) is 0 Å². The third kappa shape index (κ3) is 3.03. The Morgan fingerprint density at radius 3 is 2.38 bits per heavy atom. The average Bonchev–Trinajstić information content (AvgIpc) is 2.46. The summed E-state index contributed by atoms with van der Waals surface area (Å²) in [6.45, 7) is 11.2. The van der Waals surface area contributed by atoms with E-state index in [4.69, 9.17) is 4.98 Å². The van der Waals surface area contributed by atoms with Crippen molar-refractivity contribution < 1.29 is 0 Å². The Morgan fingerprint density at radius 1 is 1.00 bits per heavy atom. The van der Waals surface area contributed by atoms with E-state index >= 15 is 0 Å². The van der Waals surface area contributed by atoms with Gasteiger partial charge in [0.05, 0.1) is 17.4 Å². The van der Waals surface area contributed by atoms with Crippen molar-refractivity contribution in [2.45, 2.75) is 26.2 Å². The van der Waals surface area contributed by atoms with E-state index in [9.17, 15) is 0 Å². The summed E-state index contributed by atoms with van der Waals surface area (Å²) >= 11 is 0. The second-order valence-electron chi connectivity index (χ2n) is 7.14. The van der Waals surface area contributed by atoms with Crippen molar-refractivity contribution in [1.29, 1.82) is 0 Å². The second kappa shape index (κ2) is 5.30. The molecule has 0 unspecified atom stereocenters. The highest BCUT2D eigenvalue weighted by Crippen LogP contribution is 2.27. The minimum Gasteiger partial charge on any atom is -0.368 e. The van der Waals surface area contributed by atoms with Crippen LogP contribution in [0.5, 0.6) is 0 Å². The Balaban J connectivity index is 1.91. The molecule has 0 N–H and O–H groups in total. The molecule has 0 radical (unpaired) electrons. The summed E-state index contributed by atoms with van der Waals surface area (Å²) < 4.78 is 0. The quantitative estimate of drug-likeness (QED) is 0.800. The molecule has 0 spiro atoms. The Hall–Kier alpha value is -1.61. The molecule has 1 aliphatic heterocycles. The monoisotopic (exact) mass is 283 g/mol. The van der Waals surface area contributed by atoms with Crippen molar-refractivity contribution in [3.63, 3.8) is 0 Å². The molecular formula is C18H25N3. The van der Waals surface area contributed by atoms with E-state index in [-0.39, 0.29) is 5.41 Å². The number of rotatable bonds is 1. The number of hydrogen-bond acceptors (Lipinski definition) is 3. The zero-order chi connectivity index (χ0) is 15.0. The molecule has 0 amide bonds. The molecule has 0 saturated carbocycles. The maximum Gasteiger partial charge on any atom is 0.0706 e. The van der Waals surface area contributed by atoms with Crippen LogP contribution in [0.15, 0.2) is 30.5 Å². The number of anilines is 1. The first-order valence-corrected chi connectivity index (χ1v) is 7.77. The van der Waals surface area contributed by atoms with E-state index in [0.717, 1.165) is 31.7 Å². The van der Waals surface area contributed by atoms with Gasteiger partial charge in [0.25, 0.3) is 0 Å². The van der Waals surface area contributed by atoms with Crippen LogP contribution in [0.1, 0.15) is 26.3 Å². The Bertz CT molecular complexity index is 634. The SMILES string of the molecule is CN1CCN(c2cnc3cc(C(C)(C)C)ccc3c2)CC1. The summed E-state index contributed by atoms with van der Waals surface area (Å²) in [5.41, 5.74) is 3.86. The number of fused-ring (bicyclic) bond motifs is 1. The van der Waals surface area contributed by atoms with Crippen LogP contribution in [0, 0.1) is 0 Å². The smallest absolute Gasteiger partial charge is 0.0706 e. The Kier molecular flexibility index (Phi) is 3.62. The van der Waals surface area contributed by atoms with Gasteiger partial charge in [0, 0.05) is 31.6 Å². The number of hydrogen-bond donors (Lipinski definition) is 0. The van der Waals surface area contributed by atoms with Gasteiger partial charge in [-0.15, -0.1) is 0 Å². The molecule has 0 aliphatic carbocycles.